The Balaban J connectivity index is 1.48. The lowest BCUT2D eigenvalue weighted by molar-refractivity contribution is -0.127. The first-order valence-electron chi connectivity index (χ1n) is 9.84. The summed E-state index contributed by atoms with van der Waals surface area (Å²) in [6.07, 6.45) is 14.6. The number of piperidine rings is 1. The number of likely N-dealkylation sites (tertiary alicyclic amines) is 2. The molecule has 142 valence electrons. The molecule has 1 amide bonds. The maximum absolute atomic E-state index is 12.5. The second kappa shape index (κ2) is 9.12. The van der Waals surface area contributed by atoms with E-state index in [4.69, 9.17) is 0 Å². The van der Waals surface area contributed by atoms with Crippen LogP contribution in [0.5, 0.6) is 0 Å². The van der Waals surface area contributed by atoms with Gasteiger partial charge in [0, 0.05) is 57.3 Å². The van der Waals surface area contributed by atoms with Crippen LogP contribution in [-0.4, -0.2) is 72.0 Å². The minimum atomic E-state index is 0.0935. The summed E-state index contributed by atoms with van der Waals surface area (Å²) >= 11 is 0. The molecule has 1 aromatic rings. The predicted octanol–water partition coefficient (Wildman–Crippen LogP) is 2.42. The standard InChI is InChI=1S/C20H31N5O/c1-23(2)20-21-15-17(16-22-20)7-8-19(26)25-13-9-18(10-14-25)24-11-5-3-4-6-12-24/h7-8,15-16,18H,3-6,9-14H2,1-2H3. The van der Waals surface area contributed by atoms with E-state index in [1.165, 1.54) is 38.8 Å². The highest BCUT2D eigenvalue weighted by atomic mass is 16.2. The summed E-state index contributed by atoms with van der Waals surface area (Å²) in [4.78, 5) is 27.5. The number of carbonyl (C=O) groups excluding carboxylic acids is 1. The Morgan fingerprint density at radius 2 is 1.65 bits per heavy atom. The van der Waals surface area contributed by atoms with Crippen LogP contribution in [0.4, 0.5) is 5.95 Å². The number of rotatable bonds is 4. The summed E-state index contributed by atoms with van der Waals surface area (Å²) in [7, 11) is 3.81. The molecular weight excluding hydrogens is 326 g/mol. The Hall–Kier alpha value is -1.95. The summed E-state index contributed by atoms with van der Waals surface area (Å²) in [6, 6.07) is 0.660. The van der Waals surface area contributed by atoms with Gasteiger partial charge in [-0.2, -0.15) is 0 Å². The Kier molecular flexibility index (Phi) is 6.61. The summed E-state index contributed by atoms with van der Waals surface area (Å²) in [5, 5.41) is 0. The molecule has 0 atom stereocenters. The molecule has 0 bridgehead atoms. The summed E-state index contributed by atoms with van der Waals surface area (Å²) in [5.41, 5.74) is 0.850. The van der Waals surface area contributed by atoms with Gasteiger partial charge in [-0.3, -0.25) is 4.79 Å². The molecule has 2 aliphatic heterocycles. The van der Waals surface area contributed by atoms with Gasteiger partial charge in [-0.25, -0.2) is 9.97 Å². The molecule has 2 fully saturated rings. The fourth-order valence-corrected chi connectivity index (χ4v) is 3.83. The van der Waals surface area contributed by atoms with E-state index in [-0.39, 0.29) is 5.91 Å². The van der Waals surface area contributed by atoms with Crippen LogP contribution in [0.1, 0.15) is 44.1 Å². The van der Waals surface area contributed by atoms with Crippen molar-refractivity contribution in [3.63, 3.8) is 0 Å². The van der Waals surface area contributed by atoms with Crippen molar-refractivity contribution in [2.45, 2.75) is 44.6 Å². The van der Waals surface area contributed by atoms with Gasteiger partial charge < -0.3 is 14.7 Å². The van der Waals surface area contributed by atoms with E-state index in [0.29, 0.717) is 12.0 Å². The van der Waals surface area contributed by atoms with Crippen LogP contribution in [0.15, 0.2) is 18.5 Å². The maximum atomic E-state index is 12.5. The van der Waals surface area contributed by atoms with Crippen molar-refractivity contribution in [1.29, 1.82) is 0 Å². The van der Waals surface area contributed by atoms with Crippen LogP contribution in [0.3, 0.4) is 0 Å². The SMILES string of the molecule is CN(C)c1ncc(C=CC(=O)N2CCC(N3CCCCCC3)CC2)cn1. The third kappa shape index (κ3) is 5.04. The van der Waals surface area contributed by atoms with Gasteiger partial charge in [0.25, 0.3) is 0 Å². The summed E-state index contributed by atoms with van der Waals surface area (Å²) in [6.45, 7) is 4.20. The Morgan fingerprint density at radius 3 is 2.23 bits per heavy atom. The van der Waals surface area contributed by atoms with E-state index in [9.17, 15) is 4.79 Å². The van der Waals surface area contributed by atoms with Gasteiger partial charge in [0.15, 0.2) is 0 Å². The molecule has 2 aliphatic rings. The predicted molar refractivity (Wildman–Crippen MR) is 105 cm³/mol. The highest BCUT2D eigenvalue weighted by molar-refractivity contribution is 5.91. The van der Waals surface area contributed by atoms with Crippen molar-refractivity contribution in [2.75, 3.05) is 45.2 Å². The second-order valence-electron chi connectivity index (χ2n) is 7.55. The van der Waals surface area contributed by atoms with Gasteiger partial charge >= 0.3 is 0 Å². The van der Waals surface area contributed by atoms with Crippen molar-refractivity contribution in [3.8, 4) is 0 Å². The van der Waals surface area contributed by atoms with Gasteiger partial charge in [0.1, 0.15) is 0 Å². The lowest BCUT2D eigenvalue weighted by Gasteiger charge is -2.37. The third-order valence-corrected chi connectivity index (χ3v) is 5.41. The van der Waals surface area contributed by atoms with E-state index in [0.717, 1.165) is 31.5 Å². The maximum Gasteiger partial charge on any atom is 0.246 e. The molecule has 0 N–H and O–H groups in total. The molecule has 3 heterocycles. The lowest BCUT2D eigenvalue weighted by atomic mass is 10.0. The van der Waals surface area contributed by atoms with E-state index < -0.39 is 0 Å². The molecule has 6 nitrogen and oxygen atoms in total. The number of hydrogen-bond acceptors (Lipinski definition) is 5. The number of hydrogen-bond donors (Lipinski definition) is 0. The van der Waals surface area contributed by atoms with Gasteiger partial charge in [-0.05, 0) is 44.8 Å². The molecule has 1 aromatic heterocycles. The zero-order chi connectivity index (χ0) is 18.4. The molecule has 0 spiro atoms. The van der Waals surface area contributed by atoms with Crippen LogP contribution < -0.4 is 4.90 Å². The third-order valence-electron chi connectivity index (χ3n) is 5.41. The quantitative estimate of drug-likeness (QED) is 0.775. The van der Waals surface area contributed by atoms with Gasteiger partial charge in [-0.1, -0.05) is 12.8 Å². The summed E-state index contributed by atoms with van der Waals surface area (Å²) in [5.74, 6) is 0.764. The van der Waals surface area contributed by atoms with Crippen LogP contribution in [0.2, 0.25) is 0 Å². The van der Waals surface area contributed by atoms with E-state index in [1.54, 1.807) is 18.5 Å². The number of nitrogens with zero attached hydrogens (tertiary/aromatic N) is 5. The molecule has 2 saturated heterocycles. The summed E-state index contributed by atoms with van der Waals surface area (Å²) < 4.78 is 0. The number of aromatic nitrogens is 2. The van der Waals surface area contributed by atoms with E-state index >= 15 is 0 Å². The Morgan fingerprint density at radius 1 is 1.04 bits per heavy atom. The highest BCUT2D eigenvalue weighted by Gasteiger charge is 2.26. The molecule has 0 unspecified atom stereocenters. The lowest BCUT2D eigenvalue weighted by Crippen LogP contribution is -2.46. The van der Waals surface area contributed by atoms with Crippen LogP contribution in [-0.2, 0) is 4.79 Å². The average Bonchev–Trinajstić information content (AvgIpc) is 2.96. The average molecular weight is 358 g/mol. The van der Waals surface area contributed by atoms with Crippen LogP contribution in [0, 0.1) is 0 Å². The molecule has 0 aromatic carbocycles. The molecular formula is C20H31N5O. The topological polar surface area (TPSA) is 52.6 Å². The zero-order valence-corrected chi connectivity index (χ0v) is 16.1. The Bertz CT molecular complexity index is 597. The normalized spacial score (nSPS) is 20.3. The molecule has 0 radical (unpaired) electrons. The van der Waals surface area contributed by atoms with Crippen molar-refractivity contribution >= 4 is 17.9 Å². The molecule has 3 rings (SSSR count). The van der Waals surface area contributed by atoms with E-state index in [1.807, 2.05) is 30.0 Å². The first-order chi connectivity index (χ1) is 12.6. The van der Waals surface area contributed by atoms with Crippen molar-refractivity contribution in [3.05, 3.63) is 24.0 Å². The van der Waals surface area contributed by atoms with Gasteiger partial charge in [-0.15, -0.1) is 0 Å². The first kappa shape index (κ1) is 18.8. The molecule has 26 heavy (non-hydrogen) atoms. The highest BCUT2D eigenvalue weighted by Crippen LogP contribution is 2.21. The van der Waals surface area contributed by atoms with Gasteiger partial charge in [0.2, 0.25) is 11.9 Å². The van der Waals surface area contributed by atoms with Crippen molar-refractivity contribution in [2.24, 2.45) is 0 Å². The molecule has 0 aliphatic carbocycles. The van der Waals surface area contributed by atoms with Gasteiger partial charge in [0.05, 0.1) is 0 Å². The minimum Gasteiger partial charge on any atom is -0.347 e. The number of carbonyl (C=O) groups is 1. The van der Waals surface area contributed by atoms with E-state index in [2.05, 4.69) is 14.9 Å². The number of anilines is 1. The Labute approximate surface area is 156 Å². The first-order valence-corrected chi connectivity index (χ1v) is 9.84. The van der Waals surface area contributed by atoms with Crippen molar-refractivity contribution in [1.82, 2.24) is 19.8 Å². The zero-order valence-electron chi connectivity index (χ0n) is 16.1. The second-order valence-corrected chi connectivity index (χ2v) is 7.55. The van der Waals surface area contributed by atoms with Crippen molar-refractivity contribution < 1.29 is 4.79 Å². The largest absolute Gasteiger partial charge is 0.347 e. The smallest absolute Gasteiger partial charge is 0.246 e. The van der Waals surface area contributed by atoms with Crippen LogP contribution >= 0.6 is 0 Å². The molecule has 6 heteroatoms. The number of amides is 1. The minimum absolute atomic E-state index is 0.0935. The molecule has 0 saturated carbocycles. The van der Waals surface area contributed by atoms with Crippen LogP contribution in [0.25, 0.3) is 6.08 Å². The fraction of sp³-hybridized carbons (Fsp3) is 0.650. The monoisotopic (exact) mass is 357 g/mol. The fourth-order valence-electron chi connectivity index (χ4n) is 3.83.